The van der Waals surface area contributed by atoms with Gasteiger partial charge in [0, 0.05) is 20.0 Å². The van der Waals surface area contributed by atoms with E-state index in [0.29, 0.717) is 6.42 Å². The Bertz CT molecular complexity index is 1100. The van der Waals surface area contributed by atoms with Crippen molar-refractivity contribution in [2.75, 3.05) is 19.7 Å². The Hall–Kier alpha value is -3.94. The lowest BCUT2D eigenvalue weighted by Gasteiger charge is -2.35. The van der Waals surface area contributed by atoms with Gasteiger partial charge in [-0.1, -0.05) is 54.6 Å². The average Bonchev–Trinajstić information content (AvgIpc) is 2.84. The number of aryl methyl sites for hydroxylation is 2. The number of amides is 3. The van der Waals surface area contributed by atoms with E-state index in [0.717, 1.165) is 23.1 Å². The first kappa shape index (κ1) is 25.7. The first-order chi connectivity index (χ1) is 16.8. The van der Waals surface area contributed by atoms with Crippen LogP contribution in [0.1, 0.15) is 36.5 Å². The summed E-state index contributed by atoms with van der Waals surface area (Å²) in [5.74, 6) is -1.92. The van der Waals surface area contributed by atoms with Gasteiger partial charge in [0.15, 0.2) is 0 Å². The second-order valence-corrected chi connectivity index (χ2v) is 8.41. The first-order valence-electron chi connectivity index (χ1n) is 11.7. The van der Waals surface area contributed by atoms with Crippen LogP contribution in [-0.4, -0.2) is 54.3 Å². The molecule has 0 radical (unpaired) electrons. The molecule has 1 atom stereocenters. The Balaban J connectivity index is 1.67. The molecule has 2 N–H and O–H groups in total. The smallest absolute Gasteiger partial charge is 0.308 e. The molecule has 1 aliphatic heterocycles. The lowest BCUT2D eigenvalue weighted by atomic mass is 10.1. The molecule has 8 heteroatoms. The maximum atomic E-state index is 13.4. The Labute approximate surface area is 205 Å². The van der Waals surface area contributed by atoms with Gasteiger partial charge >= 0.3 is 5.97 Å². The molecule has 2 aromatic rings. The van der Waals surface area contributed by atoms with Crippen LogP contribution in [0.15, 0.2) is 60.3 Å². The molecule has 1 saturated heterocycles. The molecule has 1 aliphatic rings. The van der Waals surface area contributed by atoms with Gasteiger partial charge in [0.05, 0.1) is 13.0 Å². The molecule has 184 valence electrons. The van der Waals surface area contributed by atoms with Gasteiger partial charge in [-0.2, -0.15) is 0 Å². The van der Waals surface area contributed by atoms with E-state index in [1.165, 1.54) is 11.8 Å². The number of carbonyl (C=O) groups excluding carboxylic acids is 4. The Kier molecular flexibility index (Phi) is 9.17. The van der Waals surface area contributed by atoms with E-state index < -0.39 is 29.7 Å². The quantitative estimate of drug-likeness (QED) is 0.328. The van der Waals surface area contributed by atoms with Gasteiger partial charge in [0.2, 0.25) is 11.8 Å². The van der Waals surface area contributed by atoms with Crippen LogP contribution < -0.4 is 10.6 Å². The molecule has 8 nitrogen and oxygen atoms in total. The van der Waals surface area contributed by atoms with Crippen molar-refractivity contribution in [3.63, 3.8) is 0 Å². The van der Waals surface area contributed by atoms with Crippen molar-refractivity contribution in [3.8, 4) is 0 Å². The largest absolute Gasteiger partial charge is 0.466 e. The van der Waals surface area contributed by atoms with Gasteiger partial charge in [-0.15, -0.1) is 0 Å². The fourth-order valence-corrected chi connectivity index (χ4v) is 3.88. The SMILES string of the molecule is CC(=O)N/C(=C/c1ccccc1C)C(=O)N1CCNC(=O)C1CC(=O)OCCCc1ccccc1. The summed E-state index contributed by atoms with van der Waals surface area (Å²) in [4.78, 5) is 51.6. The van der Waals surface area contributed by atoms with Gasteiger partial charge in [0.25, 0.3) is 5.91 Å². The van der Waals surface area contributed by atoms with Crippen molar-refractivity contribution < 1.29 is 23.9 Å². The molecule has 0 aromatic heterocycles. The molecular formula is C27H31N3O5. The maximum Gasteiger partial charge on any atom is 0.308 e. The van der Waals surface area contributed by atoms with Crippen LogP contribution in [-0.2, 0) is 30.3 Å². The molecule has 0 spiro atoms. The minimum Gasteiger partial charge on any atom is -0.466 e. The molecule has 3 amide bonds. The first-order valence-corrected chi connectivity index (χ1v) is 11.7. The number of esters is 1. The summed E-state index contributed by atoms with van der Waals surface area (Å²) in [5, 5.41) is 5.28. The second-order valence-electron chi connectivity index (χ2n) is 8.41. The molecule has 0 bridgehead atoms. The van der Waals surface area contributed by atoms with Gasteiger partial charge in [-0.25, -0.2) is 0 Å². The highest BCUT2D eigenvalue weighted by Gasteiger charge is 2.36. The van der Waals surface area contributed by atoms with E-state index >= 15 is 0 Å². The van der Waals surface area contributed by atoms with Crippen molar-refractivity contribution in [2.45, 2.75) is 39.2 Å². The zero-order valence-electron chi connectivity index (χ0n) is 20.1. The maximum absolute atomic E-state index is 13.4. The standard InChI is InChI=1S/C27H31N3O5/c1-19-9-6-7-13-22(19)17-23(29-20(2)31)27(34)30-15-14-28-26(33)24(30)18-25(32)35-16-8-12-21-10-4-3-5-11-21/h3-7,9-11,13,17,24H,8,12,14-16,18H2,1-2H3,(H,28,33)(H,29,31)/b23-17+. The van der Waals surface area contributed by atoms with Crippen molar-refractivity contribution in [1.29, 1.82) is 0 Å². The van der Waals surface area contributed by atoms with Crippen LogP contribution in [0, 0.1) is 6.92 Å². The van der Waals surface area contributed by atoms with E-state index in [4.69, 9.17) is 4.74 Å². The normalized spacial score (nSPS) is 15.8. The second kappa shape index (κ2) is 12.5. The lowest BCUT2D eigenvalue weighted by Crippen LogP contribution is -2.58. The van der Waals surface area contributed by atoms with E-state index in [2.05, 4.69) is 10.6 Å². The molecule has 0 aliphatic carbocycles. The lowest BCUT2D eigenvalue weighted by molar-refractivity contribution is -0.151. The van der Waals surface area contributed by atoms with Crippen molar-refractivity contribution in [3.05, 3.63) is 77.0 Å². The van der Waals surface area contributed by atoms with Gasteiger partial charge < -0.3 is 20.3 Å². The summed E-state index contributed by atoms with van der Waals surface area (Å²) in [6.07, 6.45) is 2.75. The number of benzene rings is 2. The predicted molar refractivity (Wildman–Crippen MR) is 132 cm³/mol. The highest BCUT2D eigenvalue weighted by atomic mass is 16.5. The van der Waals surface area contributed by atoms with Crippen LogP contribution in [0.5, 0.6) is 0 Å². The predicted octanol–water partition coefficient (Wildman–Crippen LogP) is 2.37. The van der Waals surface area contributed by atoms with Gasteiger partial charge in [-0.3, -0.25) is 19.2 Å². The molecule has 0 saturated carbocycles. The van der Waals surface area contributed by atoms with Crippen LogP contribution in [0.2, 0.25) is 0 Å². The third-order valence-electron chi connectivity index (χ3n) is 5.70. The number of rotatable bonds is 9. The van der Waals surface area contributed by atoms with Crippen molar-refractivity contribution >= 4 is 29.8 Å². The summed E-state index contributed by atoms with van der Waals surface area (Å²) in [6.45, 7) is 3.89. The number of nitrogens with zero attached hydrogens (tertiary/aromatic N) is 1. The third-order valence-corrected chi connectivity index (χ3v) is 5.70. The summed E-state index contributed by atoms with van der Waals surface area (Å²) in [6, 6.07) is 16.3. The van der Waals surface area contributed by atoms with Crippen LogP contribution in [0.25, 0.3) is 6.08 Å². The summed E-state index contributed by atoms with van der Waals surface area (Å²) in [5.41, 5.74) is 2.89. The average molecular weight is 478 g/mol. The fraction of sp³-hybridized carbons (Fsp3) is 0.333. The molecule has 1 heterocycles. The zero-order chi connectivity index (χ0) is 25.2. The molecule has 35 heavy (non-hydrogen) atoms. The number of nitrogens with one attached hydrogen (secondary N) is 2. The number of carbonyl (C=O) groups is 4. The summed E-state index contributed by atoms with van der Waals surface area (Å²) >= 11 is 0. The van der Waals surface area contributed by atoms with Gasteiger partial charge in [-0.05, 0) is 42.5 Å². The summed E-state index contributed by atoms with van der Waals surface area (Å²) in [7, 11) is 0. The fourth-order valence-electron chi connectivity index (χ4n) is 3.88. The Morgan fingerprint density at radius 2 is 1.83 bits per heavy atom. The highest BCUT2D eigenvalue weighted by molar-refractivity contribution is 6.03. The van der Waals surface area contributed by atoms with Crippen LogP contribution in [0.4, 0.5) is 0 Å². The number of ether oxygens (including phenoxy) is 1. The molecule has 1 fully saturated rings. The van der Waals surface area contributed by atoms with E-state index in [1.807, 2.05) is 61.5 Å². The Morgan fingerprint density at radius 3 is 2.54 bits per heavy atom. The molecular weight excluding hydrogens is 446 g/mol. The topological polar surface area (TPSA) is 105 Å². The minimum atomic E-state index is -1.02. The summed E-state index contributed by atoms with van der Waals surface area (Å²) < 4.78 is 5.34. The third kappa shape index (κ3) is 7.53. The minimum absolute atomic E-state index is 0.0442. The molecule has 2 aromatic carbocycles. The molecule has 1 unspecified atom stereocenters. The zero-order valence-corrected chi connectivity index (χ0v) is 20.1. The van der Waals surface area contributed by atoms with E-state index in [-0.39, 0.29) is 31.8 Å². The van der Waals surface area contributed by atoms with Crippen LogP contribution in [0.3, 0.4) is 0 Å². The number of hydrogen-bond acceptors (Lipinski definition) is 5. The van der Waals surface area contributed by atoms with Crippen molar-refractivity contribution in [1.82, 2.24) is 15.5 Å². The molecule has 3 rings (SSSR count). The van der Waals surface area contributed by atoms with Crippen molar-refractivity contribution in [2.24, 2.45) is 0 Å². The number of piperazine rings is 1. The van der Waals surface area contributed by atoms with E-state index in [1.54, 1.807) is 6.08 Å². The Morgan fingerprint density at radius 1 is 1.11 bits per heavy atom. The van der Waals surface area contributed by atoms with E-state index in [9.17, 15) is 19.2 Å². The highest BCUT2D eigenvalue weighted by Crippen LogP contribution is 2.17. The number of hydrogen-bond donors (Lipinski definition) is 2. The van der Waals surface area contributed by atoms with Crippen LogP contribution >= 0.6 is 0 Å². The van der Waals surface area contributed by atoms with Gasteiger partial charge in [0.1, 0.15) is 11.7 Å². The monoisotopic (exact) mass is 477 g/mol.